The molecule has 4 nitrogen and oxygen atoms in total. The summed E-state index contributed by atoms with van der Waals surface area (Å²) in [6, 6.07) is 3.67. The minimum absolute atomic E-state index is 0.297. The number of benzene rings is 1. The van der Waals surface area contributed by atoms with Crippen LogP contribution in [0.4, 0.5) is 4.39 Å². The summed E-state index contributed by atoms with van der Waals surface area (Å²) in [6.45, 7) is 3.07. The molecule has 0 bridgehead atoms. The van der Waals surface area contributed by atoms with Crippen molar-refractivity contribution >= 4 is 21.9 Å². The van der Waals surface area contributed by atoms with E-state index in [0.29, 0.717) is 23.1 Å². The molecule has 1 fully saturated rings. The zero-order valence-electron chi connectivity index (χ0n) is 10.6. The predicted molar refractivity (Wildman–Crippen MR) is 73.5 cm³/mol. The van der Waals surface area contributed by atoms with Crippen LogP contribution in [0.1, 0.15) is 11.6 Å². The molecular weight excluding hydrogens is 315 g/mol. The quantitative estimate of drug-likeness (QED) is 0.920. The summed E-state index contributed by atoms with van der Waals surface area (Å²) in [5.74, 6) is -1.28. The van der Waals surface area contributed by atoms with Gasteiger partial charge in [0, 0.05) is 26.2 Å². The van der Waals surface area contributed by atoms with E-state index in [1.165, 1.54) is 12.1 Å². The van der Waals surface area contributed by atoms with E-state index < -0.39 is 12.0 Å². The van der Waals surface area contributed by atoms with Crippen molar-refractivity contribution in [2.24, 2.45) is 0 Å². The first-order valence-corrected chi connectivity index (χ1v) is 6.88. The second-order valence-electron chi connectivity index (χ2n) is 4.75. The lowest BCUT2D eigenvalue weighted by Crippen LogP contribution is -2.47. The summed E-state index contributed by atoms with van der Waals surface area (Å²) >= 11 is 3.10. The fourth-order valence-corrected chi connectivity index (χ4v) is 2.67. The van der Waals surface area contributed by atoms with Gasteiger partial charge in [0.15, 0.2) is 0 Å². The summed E-state index contributed by atoms with van der Waals surface area (Å²) < 4.78 is 13.5. The lowest BCUT2D eigenvalue weighted by atomic mass is 10.0. The number of rotatable bonds is 3. The number of hydrogen-bond donors (Lipinski definition) is 1. The minimum Gasteiger partial charge on any atom is -0.480 e. The van der Waals surface area contributed by atoms with Gasteiger partial charge in [-0.15, -0.1) is 0 Å². The molecule has 19 heavy (non-hydrogen) atoms. The first-order valence-electron chi connectivity index (χ1n) is 6.09. The summed E-state index contributed by atoms with van der Waals surface area (Å²) in [4.78, 5) is 15.6. The van der Waals surface area contributed by atoms with Crippen molar-refractivity contribution < 1.29 is 14.3 Å². The Kier molecular flexibility index (Phi) is 4.54. The van der Waals surface area contributed by atoms with Crippen molar-refractivity contribution in [3.05, 3.63) is 34.1 Å². The van der Waals surface area contributed by atoms with Crippen molar-refractivity contribution in [2.75, 3.05) is 33.2 Å². The van der Waals surface area contributed by atoms with Gasteiger partial charge in [-0.25, -0.2) is 4.39 Å². The molecule has 6 heteroatoms. The van der Waals surface area contributed by atoms with E-state index in [1.54, 1.807) is 6.07 Å². The van der Waals surface area contributed by atoms with Crippen molar-refractivity contribution in [2.45, 2.75) is 6.04 Å². The van der Waals surface area contributed by atoms with Crippen molar-refractivity contribution in [1.29, 1.82) is 0 Å². The fourth-order valence-electron chi connectivity index (χ4n) is 2.27. The second kappa shape index (κ2) is 5.98. The molecule has 0 radical (unpaired) electrons. The standard InChI is InChI=1S/C13H16BrFN2O2/c1-16-4-6-17(7-5-16)12(13(18)19)9-2-3-11(15)10(14)8-9/h2-3,8,12H,4-7H2,1H3,(H,18,19). The predicted octanol–water partition coefficient (Wildman–Crippen LogP) is 1.96. The van der Waals surface area contributed by atoms with Gasteiger partial charge in [0.2, 0.25) is 0 Å². The topological polar surface area (TPSA) is 43.8 Å². The van der Waals surface area contributed by atoms with Gasteiger partial charge < -0.3 is 10.0 Å². The molecule has 1 saturated heterocycles. The summed E-state index contributed by atoms with van der Waals surface area (Å²) in [7, 11) is 2.02. The van der Waals surface area contributed by atoms with Crippen molar-refractivity contribution in [1.82, 2.24) is 9.80 Å². The van der Waals surface area contributed by atoms with E-state index in [4.69, 9.17) is 0 Å². The third kappa shape index (κ3) is 3.32. The lowest BCUT2D eigenvalue weighted by Gasteiger charge is -2.36. The zero-order chi connectivity index (χ0) is 14.0. The average molecular weight is 331 g/mol. The van der Waals surface area contributed by atoms with Gasteiger partial charge in [-0.3, -0.25) is 9.69 Å². The number of piperazine rings is 1. The van der Waals surface area contributed by atoms with Gasteiger partial charge in [-0.1, -0.05) is 6.07 Å². The van der Waals surface area contributed by atoms with Crippen LogP contribution in [0.2, 0.25) is 0 Å². The number of halogens is 2. The largest absolute Gasteiger partial charge is 0.480 e. The van der Waals surface area contributed by atoms with Gasteiger partial charge >= 0.3 is 5.97 Å². The molecule has 0 spiro atoms. The number of aliphatic carboxylic acids is 1. The Morgan fingerprint density at radius 3 is 2.53 bits per heavy atom. The van der Waals surface area contributed by atoms with Gasteiger partial charge in [-0.2, -0.15) is 0 Å². The molecule has 1 aromatic rings. The summed E-state index contributed by atoms with van der Waals surface area (Å²) in [5, 5.41) is 9.44. The first-order chi connectivity index (χ1) is 8.99. The van der Waals surface area contributed by atoms with Crippen LogP contribution in [-0.2, 0) is 4.79 Å². The van der Waals surface area contributed by atoms with Gasteiger partial charge in [0.1, 0.15) is 11.9 Å². The van der Waals surface area contributed by atoms with Crippen molar-refractivity contribution in [3.63, 3.8) is 0 Å². The van der Waals surface area contributed by atoms with E-state index in [0.717, 1.165) is 13.1 Å². The monoisotopic (exact) mass is 330 g/mol. The first kappa shape index (κ1) is 14.4. The molecule has 0 aliphatic carbocycles. The maximum absolute atomic E-state index is 13.2. The minimum atomic E-state index is -0.900. The molecule has 104 valence electrons. The Bertz CT molecular complexity index is 476. The van der Waals surface area contributed by atoms with E-state index in [1.807, 2.05) is 11.9 Å². The van der Waals surface area contributed by atoms with Crippen LogP contribution in [0, 0.1) is 5.82 Å². The number of carboxylic acid groups (broad SMARTS) is 1. The smallest absolute Gasteiger partial charge is 0.325 e. The van der Waals surface area contributed by atoms with Gasteiger partial charge in [0.05, 0.1) is 4.47 Å². The molecule has 1 atom stereocenters. The fraction of sp³-hybridized carbons (Fsp3) is 0.462. The number of carbonyl (C=O) groups is 1. The molecule has 0 saturated carbocycles. The maximum Gasteiger partial charge on any atom is 0.325 e. The van der Waals surface area contributed by atoms with E-state index in [-0.39, 0.29) is 5.82 Å². The van der Waals surface area contributed by atoms with Crippen LogP contribution in [0.3, 0.4) is 0 Å². The van der Waals surface area contributed by atoms with E-state index >= 15 is 0 Å². The van der Waals surface area contributed by atoms with Crippen LogP contribution in [0.5, 0.6) is 0 Å². The van der Waals surface area contributed by atoms with Crippen LogP contribution in [0.15, 0.2) is 22.7 Å². The van der Waals surface area contributed by atoms with Crippen LogP contribution >= 0.6 is 15.9 Å². The molecule has 0 aromatic heterocycles. The highest BCUT2D eigenvalue weighted by Crippen LogP contribution is 2.26. The van der Waals surface area contributed by atoms with Crippen molar-refractivity contribution in [3.8, 4) is 0 Å². The summed E-state index contributed by atoms with van der Waals surface area (Å²) in [6.07, 6.45) is 0. The SMILES string of the molecule is CN1CCN(C(C(=O)O)c2ccc(F)c(Br)c2)CC1. The molecule has 0 amide bonds. The third-order valence-electron chi connectivity index (χ3n) is 3.40. The highest BCUT2D eigenvalue weighted by molar-refractivity contribution is 9.10. The van der Waals surface area contributed by atoms with Crippen LogP contribution < -0.4 is 0 Å². The lowest BCUT2D eigenvalue weighted by molar-refractivity contribution is -0.144. The highest BCUT2D eigenvalue weighted by Gasteiger charge is 2.29. The molecular formula is C13H16BrFN2O2. The Balaban J connectivity index is 2.24. The number of nitrogens with zero attached hydrogens (tertiary/aromatic N) is 2. The number of likely N-dealkylation sites (N-methyl/N-ethyl adjacent to an activating group) is 1. The Morgan fingerprint density at radius 1 is 1.37 bits per heavy atom. The normalized spacial score (nSPS) is 19.3. The molecule has 1 aromatic carbocycles. The van der Waals surface area contributed by atoms with Gasteiger partial charge in [0.25, 0.3) is 0 Å². The molecule has 2 rings (SSSR count). The Labute approximate surface area is 119 Å². The molecule has 1 unspecified atom stereocenters. The molecule has 1 N–H and O–H groups in total. The van der Waals surface area contributed by atoms with E-state index in [9.17, 15) is 14.3 Å². The molecule has 1 heterocycles. The summed E-state index contributed by atoms with van der Waals surface area (Å²) in [5.41, 5.74) is 0.602. The average Bonchev–Trinajstić information content (AvgIpc) is 2.36. The van der Waals surface area contributed by atoms with Crippen LogP contribution in [-0.4, -0.2) is 54.1 Å². The van der Waals surface area contributed by atoms with Crippen LogP contribution in [0.25, 0.3) is 0 Å². The zero-order valence-corrected chi connectivity index (χ0v) is 12.2. The maximum atomic E-state index is 13.2. The van der Waals surface area contributed by atoms with Gasteiger partial charge in [-0.05, 0) is 40.7 Å². The Hall–Kier alpha value is -0.980. The molecule has 1 aliphatic rings. The van der Waals surface area contributed by atoms with E-state index in [2.05, 4.69) is 20.8 Å². The second-order valence-corrected chi connectivity index (χ2v) is 5.61. The Morgan fingerprint density at radius 2 is 2.00 bits per heavy atom. The number of carboxylic acids is 1. The highest BCUT2D eigenvalue weighted by atomic mass is 79.9. The molecule has 1 aliphatic heterocycles. The number of hydrogen-bond acceptors (Lipinski definition) is 3. The third-order valence-corrected chi connectivity index (χ3v) is 4.00.